The Balaban J connectivity index is 1.40. The summed E-state index contributed by atoms with van der Waals surface area (Å²) >= 11 is 0. The highest BCUT2D eigenvalue weighted by Gasteiger charge is 2.58. The van der Waals surface area contributed by atoms with E-state index in [4.69, 9.17) is 4.74 Å². The van der Waals surface area contributed by atoms with E-state index in [1.165, 1.54) is 30.5 Å². The summed E-state index contributed by atoms with van der Waals surface area (Å²) < 4.78 is 61.7. The maximum Gasteiger partial charge on any atom is 0.238 e. The van der Waals surface area contributed by atoms with Gasteiger partial charge in [0, 0.05) is 54.0 Å². The van der Waals surface area contributed by atoms with E-state index in [0.29, 0.717) is 41.5 Å². The maximum atomic E-state index is 15.7. The molecule has 0 bridgehead atoms. The number of ether oxygens (including phenoxy) is 1. The number of carbonyl (C=O) groups is 1. The molecular weight excluding hydrogens is 588 g/mol. The smallest absolute Gasteiger partial charge is 0.238 e. The van der Waals surface area contributed by atoms with Crippen LogP contribution in [0, 0.1) is 11.6 Å². The highest BCUT2D eigenvalue weighted by atomic mass is 32.2. The Bertz CT molecular complexity index is 1880. The van der Waals surface area contributed by atoms with E-state index in [0.717, 1.165) is 17.4 Å². The second-order valence-corrected chi connectivity index (χ2v) is 13.6. The molecule has 12 heteroatoms. The average Bonchev–Trinajstić information content (AvgIpc) is 3.17. The lowest BCUT2D eigenvalue weighted by Crippen LogP contribution is -2.47. The van der Waals surface area contributed by atoms with Gasteiger partial charge in [0.25, 0.3) is 0 Å². The predicted octanol–water partition coefficient (Wildman–Crippen LogP) is 5.12. The van der Waals surface area contributed by atoms with Gasteiger partial charge in [0.15, 0.2) is 0 Å². The zero-order valence-corrected chi connectivity index (χ0v) is 25.6. The second-order valence-electron chi connectivity index (χ2n) is 11.9. The van der Waals surface area contributed by atoms with E-state index in [2.05, 4.69) is 20.0 Å². The van der Waals surface area contributed by atoms with Crippen LogP contribution >= 0.6 is 0 Å². The van der Waals surface area contributed by atoms with Crippen LogP contribution in [0.3, 0.4) is 0 Å². The SMILES string of the molecule is CC(C)NCCOc1ncc(-c2cc3c(cc2F)ncc2c3[C@]3(C[C@@H](c4ccc(F)cc4)C3)C(=O)N2C)cc1NS(C)(=O)=O. The molecule has 2 aromatic heterocycles. The van der Waals surface area contributed by atoms with E-state index < -0.39 is 21.3 Å². The molecule has 2 N–H and O–H groups in total. The van der Waals surface area contributed by atoms with Crippen molar-refractivity contribution in [2.45, 2.75) is 44.1 Å². The van der Waals surface area contributed by atoms with Crippen molar-refractivity contribution in [2.75, 3.05) is 36.1 Å². The number of likely N-dealkylation sites (N-methyl/N-ethyl adjacent to an activating group) is 1. The van der Waals surface area contributed by atoms with Crippen LogP contribution in [0.5, 0.6) is 5.88 Å². The number of rotatable bonds is 9. The van der Waals surface area contributed by atoms with Gasteiger partial charge in [-0.05, 0) is 48.6 Å². The number of hydrogen-bond acceptors (Lipinski definition) is 7. The first-order valence-electron chi connectivity index (χ1n) is 14.4. The second kappa shape index (κ2) is 11.1. The number of sulfonamides is 1. The third-order valence-electron chi connectivity index (χ3n) is 8.37. The number of nitrogens with zero attached hydrogens (tertiary/aromatic N) is 3. The highest BCUT2D eigenvalue weighted by Crippen LogP contribution is 2.60. The summed E-state index contributed by atoms with van der Waals surface area (Å²) in [6, 6.07) is 11.1. The number of benzene rings is 2. The Morgan fingerprint density at radius 2 is 1.82 bits per heavy atom. The van der Waals surface area contributed by atoms with Crippen molar-refractivity contribution in [3.8, 4) is 17.0 Å². The van der Waals surface area contributed by atoms with Crippen molar-refractivity contribution in [1.29, 1.82) is 0 Å². The number of carbonyl (C=O) groups excluding carboxylic acids is 1. The van der Waals surface area contributed by atoms with Gasteiger partial charge >= 0.3 is 0 Å². The molecule has 2 aliphatic rings. The minimum Gasteiger partial charge on any atom is -0.475 e. The Labute approximate surface area is 254 Å². The summed E-state index contributed by atoms with van der Waals surface area (Å²) in [4.78, 5) is 24.1. The Morgan fingerprint density at radius 1 is 1.09 bits per heavy atom. The maximum absolute atomic E-state index is 15.7. The van der Waals surface area contributed by atoms with E-state index in [1.807, 2.05) is 13.8 Å². The highest BCUT2D eigenvalue weighted by molar-refractivity contribution is 7.92. The first-order chi connectivity index (χ1) is 20.9. The Morgan fingerprint density at radius 3 is 2.50 bits per heavy atom. The third-order valence-corrected chi connectivity index (χ3v) is 8.96. The summed E-state index contributed by atoms with van der Waals surface area (Å²) in [5.41, 5.74) is 2.58. The Hall–Kier alpha value is -4.16. The van der Waals surface area contributed by atoms with Crippen LogP contribution < -0.4 is 19.7 Å². The topological polar surface area (TPSA) is 114 Å². The lowest BCUT2D eigenvalue weighted by atomic mass is 9.57. The van der Waals surface area contributed by atoms with Crippen LogP contribution in [0.2, 0.25) is 0 Å². The van der Waals surface area contributed by atoms with Crippen LogP contribution in [0.1, 0.15) is 43.7 Å². The molecule has 9 nitrogen and oxygen atoms in total. The summed E-state index contributed by atoms with van der Waals surface area (Å²) in [5.74, 6) is -0.805. The molecule has 1 aliphatic heterocycles. The summed E-state index contributed by atoms with van der Waals surface area (Å²) in [5, 5.41) is 3.84. The van der Waals surface area contributed by atoms with Gasteiger partial charge in [-0.25, -0.2) is 22.2 Å². The van der Waals surface area contributed by atoms with Gasteiger partial charge in [0.05, 0.1) is 29.1 Å². The number of pyridine rings is 2. The van der Waals surface area contributed by atoms with Gasteiger partial charge in [-0.15, -0.1) is 0 Å². The van der Waals surface area contributed by atoms with Gasteiger partial charge in [0.1, 0.15) is 23.9 Å². The first-order valence-corrected chi connectivity index (χ1v) is 16.3. The monoisotopic (exact) mass is 621 g/mol. The summed E-state index contributed by atoms with van der Waals surface area (Å²) in [6.45, 7) is 4.76. The fourth-order valence-corrected chi connectivity index (χ4v) is 6.88. The molecule has 1 saturated carbocycles. The zero-order valence-electron chi connectivity index (χ0n) is 24.8. The fourth-order valence-electron chi connectivity index (χ4n) is 6.33. The third kappa shape index (κ3) is 5.36. The number of hydrogen-bond donors (Lipinski definition) is 2. The molecule has 0 atom stereocenters. The quantitative estimate of drug-likeness (QED) is 0.250. The first kappa shape index (κ1) is 29.9. The molecule has 1 spiro atoms. The molecule has 1 fully saturated rings. The molecule has 1 amide bonds. The largest absolute Gasteiger partial charge is 0.475 e. The number of fused-ring (bicyclic) bond motifs is 4. The van der Waals surface area contributed by atoms with Crippen LogP contribution in [0.4, 0.5) is 20.2 Å². The van der Waals surface area contributed by atoms with Gasteiger partial charge in [-0.1, -0.05) is 26.0 Å². The van der Waals surface area contributed by atoms with Crippen LogP contribution in [0.15, 0.2) is 54.9 Å². The number of nitrogens with one attached hydrogen (secondary N) is 2. The van der Waals surface area contributed by atoms with Crippen molar-refractivity contribution in [1.82, 2.24) is 15.3 Å². The minimum atomic E-state index is -3.70. The molecule has 1 aliphatic carbocycles. The lowest BCUT2D eigenvalue weighted by Gasteiger charge is -2.44. The molecule has 0 unspecified atom stereocenters. The molecule has 44 heavy (non-hydrogen) atoms. The van der Waals surface area contributed by atoms with Crippen molar-refractivity contribution in [3.05, 3.63) is 77.6 Å². The molecule has 3 heterocycles. The standard InChI is InChI=1S/C32H33F2N5O4S/c1-18(2)35-9-10-43-30-27(38-44(4,41)42)11-20(16-37-30)23-12-24-26(13-25(23)34)36-17-28-29(24)32(31(40)39(28)3)14-21(15-32)19-5-7-22(33)8-6-19/h5-8,11-13,16-18,21,35,38H,9-10,14-15H2,1-4H3/t21-,32-. The summed E-state index contributed by atoms with van der Waals surface area (Å²) in [6.07, 6.45) is 5.11. The van der Waals surface area contributed by atoms with Crippen molar-refractivity contribution in [2.24, 2.45) is 0 Å². The molecule has 4 aromatic rings. The molecule has 230 valence electrons. The number of halogens is 2. The van der Waals surface area contributed by atoms with E-state index in [9.17, 15) is 17.6 Å². The van der Waals surface area contributed by atoms with E-state index in [1.54, 1.807) is 36.3 Å². The molecule has 2 aromatic carbocycles. The Kier molecular flexibility index (Phi) is 7.53. The molecular formula is C32H33F2N5O4S. The van der Waals surface area contributed by atoms with Gasteiger partial charge in [-0.2, -0.15) is 0 Å². The molecule has 0 radical (unpaired) electrons. The number of amides is 1. The van der Waals surface area contributed by atoms with Gasteiger partial charge in [0.2, 0.25) is 21.8 Å². The van der Waals surface area contributed by atoms with Crippen molar-refractivity contribution in [3.63, 3.8) is 0 Å². The van der Waals surface area contributed by atoms with E-state index >= 15 is 4.39 Å². The van der Waals surface area contributed by atoms with Crippen LogP contribution in [-0.2, 0) is 20.2 Å². The molecule has 6 rings (SSSR count). The number of aromatic nitrogens is 2. The van der Waals surface area contributed by atoms with Crippen LogP contribution in [0.25, 0.3) is 22.0 Å². The van der Waals surface area contributed by atoms with Crippen molar-refractivity contribution < 1.29 is 26.7 Å². The molecule has 0 saturated heterocycles. The predicted molar refractivity (Wildman–Crippen MR) is 165 cm³/mol. The van der Waals surface area contributed by atoms with Gasteiger partial charge < -0.3 is 15.0 Å². The lowest BCUT2D eigenvalue weighted by molar-refractivity contribution is -0.126. The minimum absolute atomic E-state index is 0.0548. The van der Waals surface area contributed by atoms with Crippen LogP contribution in [-0.4, -0.2) is 56.8 Å². The average molecular weight is 622 g/mol. The van der Waals surface area contributed by atoms with Gasteiger partial charge in [-0.3, -0.25) is 14.5 Å². The normalized spacial score (nSPS) is 19.5. The summed E-state index contributed by atoms with van der Waals surface area (Å²) in [7, 11) is -1.99. The zero-order chi connectivity index (χ0) is 31.4. The fraction of sp³-hybridized carbons (Fsp3) is 0.344. The van der Waals surface area contributed by atoms with Crippen molar-refractivity contribution >= 4 is 38.2 Å². The number of anilines is 2. The van der Waals surface area contributed by atoms with E-state index in [-0.39, 0.29) is 47.4 Å².